The van der Waals surface area contributed by atoms with Crippen molar-refractivity contribution in [3.63, 3.8) is 0 Å². The summed E-state index contributed by atoms with van der Waals surface area (Å²) in [7, 11) is 0. The normalized spacial score (nSPS) is 13.8. The van der Waals surface area contributed by atoms with E-state index in [4.69, 9.17) is 0 Å². The zero-order chi connectivity index (χ0) is 15.2. The van der Waals surface area contributed by atoms with Gasteiger partial charge in [0, 0.05) is 0 Å². The molecule has 3 nitrogen and oxygen atoms in total. The van der Waals surface area contributed by atoms with Gasteiger partial charge in [-0.1, -0.05) is 9.97 Å². The van der Waals surface area contributed by atoms with Gasteiger partial charge in [-0.05, 0) is 9.27 Å². The molecule has 0 unspecified atom stereocenters. The molecular weight excluding hydrogens is 304 g/mol. The first-order valence-corrected chi connectivity index (χ1v) is 3.96. The van der Waals surface area contributed by atoms with Crippen LogP contribution in [0.15, 0.2) is 0 Å². The molecule has 0 aliphatic rings. The molecule has 1 rings (SSSR count). The second-order valence-electron chi connectivity index (χ2n) is 2.97. The lowest BCUT2D eigenvalue weighted by atomic mass is 10.4. The standard InChI is InChI=1S/C6F10N3/c7-4(8,9)1-17-2(5(10,11)12)19(16)3(18-1)6(13,14)15/q+1. The van der Waals surface area contributed by atoms with Gasteiger partial charge in [-0.2, -0.15) is 39.5 Å². The van der Waals surface area contributed by atoms with Gasteiger partial charge in [0.2, 0.25) is 0 Å². The smallest absolute Gasteiger partial charge is 0.161 e. The van der Waals surface area contributed by atoms with Gasteiger partial charge in [-0.3, -0.25) is 0 Å². The highest BCUT2D eigenvalue weighted by Crippen LogP contribution is 2.33. The summed E-state index contributed by atoms with van der Waals surface area (Å²) in [4.78, 5) is 1.34. The average Bonchev–Trinajstić information content (AvgIpc) is 2.11. The SMILES string of the molecule is F[n+]1c(C(F)(F)F)nc(C(F)(F)F)nc1C(F)(F)F. The maximum Gasteiger partial charge on any atom is 0.485 e. The van der Waals surface area contributed by atoms with Crippen LogP contribution in [-0.2, 0) is 18.5 Å². The van der Waals surface area contributed by atoms with Crippen molar-refractivity contribution >= 4 is 0 Å². The molecule has 0 saturated carbocycles. The second-order valence-corrected chi connectivity index (χ2v) is 2.97. The Labute approximate surface area is 96.0 Å². The number of hydrogen-bond acceptors (Lipinski definition) is 2. The van der Waals surface area contributed by atoms with Crippen LogP contribution in [-0.4, -0.2) is 9.97 Å². The summed E-state index contributed by atoms with van der Waals surface area (Å²) < 4.78 is 122. The fourth-order valence-electron chi connectivity index (χ4n) is 0.890. The first-order chi connectivity index (χ1) is 8.24. The molecule has 13 heteroatoms. The molecule has 0 spiro atoms. The topological polar surface area (TPSA) is 29.7 Å². The van der Waals surface area contributed by atoms with Crippen LogP contribution in [0.5, 0.6) is 0 Å². The van der Waals surface area contributed by atoms with Gasteiger partial charge in [0.25, 0.3) is 0 Å². The molecule has 0 N–H and O–H groups in total. The van der Waals surface area contributed by atoms with Crippen molar-refractivity contribution in [2.45, 2.75) is 18.5 Å². The van der Waals surface area contributed by atoms with Crippen molar-refractivity contribution in [2.75, 3.05) is 0 Å². The second kappa shape index (κ2) is 4.16. The van der Waals surface area contributed by atoms with Crippen LogP contribution >= 0.6 is 0 Å². The van der Waals surface area contributed by atoms with E-state index in [9.17, 15) is 44.0 Å². The van der Waals surface area contributed by atoms with Crippen LogP contribution in [0.25, 0.3) is 0 Å². The Morgan fingerprint density at radius 3 is 1.16 bits per heavy atom. The molecule has 1 aromatic rings. The number of alkyl halides is 9. The Kier molecular flexibility index (Phi) is 3.37. The quantitative estimate of drug-likeness (QED) is 0.689. The van der Waals surface area contributed by atoms with Crippen LogP contribution in [0, 0.1) is 0 Å². The third kappa shape index (κ3) is 3.20. The molecule has 1 aromatic heterocycles. The van der Waals surface area contributed by atoms with Gasteiger partial charge in [-0.25, -0.2) is 0 Å². The maximum absolute atomic E-state index is 12.8. The predicted octanol–water partition coefficient (Wildman–Crippen LogP) is 2.55. The van der Waals surface area contributed by atoms with Crippen molar-refractivity contribution < 1.29 is 48.8 Å². The lowest BCUT2D eigenvalue weighted by molar-refractivity contribution is -0.872. The van der Waals surface area contributed by atoms with Crippen molar-refractivity contribution in [1.82, 2.24) is 9.97 Å². The van der Waals surface area contributed by atoms with Gasteiger partial charge in [0.05, 0.1) is 0 Å². The van der Waals surface area contributed by atoms with Gasteiger partial charge in [0.1, 0.15) is 0 Å². The Balaban J connectivity index is 3.68. The van der Waals surface area contributed by atoms with Crippen molar-refractivity contribution in [3.8, 4) is 0 Å². The molecular formula is C6F10N3+. The number of nitrogens with zero attached hydrogens (tertiary/aromatic N) is 3. The van der Waals surface area contributed by atoms with E-state index in [-0.39, 0.29) is 0 Å². The minimum Gasteiger partial charge on any atom is -0.161 e. The van der Waals surface area contributed by atoms with E-state index in [1.165, 1.54) is 0 Å². The summed E-state index contributed by atoms with van der Waals surface area (Å²) in [6.07, 6.45) is -17.4. The summed E-state index contributed by atoms with van der Waals surface area (Å²) in [6, 6.07) is 0. The Hall–Kier alpha value is -1.69. The number of halogens is 10. The van der Waals surface area contributed by atoms with Gasteiger partial charge >= 0.3 is 36.0 Å². The fourth-order valence-corrected chi connectivity index (χ4v) is 0.890. The van der Waals surface area contributed by atoms with Gasteiger partial charge in [0.15, 0.2) is 0 Å². The molecule has 0 aliphatic carbocycles. The van der Waals surface area contributed by atoms with Gasteiger partial charge < -0.3 is 0 Å². The van der Waals surface area contributed by atoms with Crippen LogP contribution in [0.4, 0.5) is 44.0 Å². The third-order valence-corrected chi connectivity index (χ3v) is 1.56. The largest absolute Gasteiger partial charge is 0.485 e. The molecule has 0 bridgehead atoms. The fraction of sp³-hybridized carbons (Fsp3) is 0.500. The Morgan fingerprint density at radius 2 is 0.947 bits per heavy atom. The van der Waals surface area contributed by atoms with Gasteiger partial charge in [-0.15, -0.1) is 0 Å². The Morgan fingerprint density at radius 1 is 0.632 bits per heavy atom. The van der Waals surface area contributed by atoms with E-state index < -0.39 is 40.8 Å². The third-order valence-electron chi connectivity index (χ3n) is 1.56. The van der Waals surface area contributed by atoms with Crippen LogP contribution in [0.2, 0.25) is 0 Å². The molecule has 0 aromatic carbocycles. The van der Waals surface area contributed by atoms with E-state index in [2.05, 4.69) is 0 Å². The lowest BCUT2D eigenvalue weighted by Crippen LogP contribution is -2.45. The van der Waals surface area contributed by atoms with Crippen LogP contribution < -0.4 is 4.79 Å². The molecule has 0 amide bonds. The summed E-state index contributed by atoms with van der Waals surface area (Å²) in [5.74, 6) is -8.77. The van der Waals surface area contributed by atoms with E-state index in [0.29, 0.717) is 0 Å². The monoisotopic (exact) mass is 304 g/mol. The summed E-state index contributed by atoms with van der Waals surface area (Å²) in [6.45, 7) is 0. The highest BCUT2D eigenvalue weighted by Gasteiger charge is 2.55. The minimum absolute atomic E-state index is 1.72. The Bertz CT molecular complexity index is 449. The molecule has 108 valence electrons. The first kappa shape index (κ1) is 15.4. The molecule has 0 saturated heterocycles. The highest BCUT2D eigenvalue weighted by atomic mass is 19.4. The zero-order valence-corrected chi connectivity index (χ0v) is 8.12. The summed E-state index contributed by atoms with van der Waals surface area (Å²) in [5, 5.41) is 0. The highest BCUT2D eigenvalue weighted by molar-refractivity contribution is 4.98. The molecule has 1 heterocycles. The molecule has 0 aliphatic heterocycles. The minimum atomic E-state index is -5.86. The number of rotatable bonds is 0. The van der Waals surface area contributed by atoms with E-state index in [0.717, 1.165) is 0 Å². The zero-order valence-electron chi connectivity index (χ0n) is 8.12. The maximum atomic E-state index is 12.8. The first-order valence-electron chi connectivity index (χ1n) is 3.96. The van der Waals surface area contributed by atoms with Crippen molar-refractivity contribution in [3.05, 3.63) is 17.5 Å². The van der Waals surface area contributed by atoms with E-state index in [1.54, 1.807) is 9.97 Å². The predicted molar refractivity (Wildman–Crippen MR) is 33.7 cm³/mol. The van der Waals surface area contributed by atoms with Crippen LogP contribution in [0.3, 0.4) is 0 Å². The molecule has 0 radical (unpaired) electrons. The lowest BCUT2D eigenvalue weighted by Gasteiger charge is -2.07. The van der Waals surface area contributed by atoms with Crippen LogP contribution in [0.1, 0.15) is 17.5 Å². The summed E-state index contributed by atoms with van der Waals surface area (Å²) >= 11 is 0. The van der Waals surface area contributed by atoms with E-state index >= 15 is 0 Å². The summed E-state index contributed by atoms with van der Waals surface area (Å²) in [5.41, 5.74) is 0. The van der Waals surface area contributed by atoms with Crippen molar-refractivity contribution in [1.29, 1.82) is 0 Å². The molecule has 0 atom stereocenters. The van der Waals surface area contributed by atoms with E-state index in [1.807, 2.05) is 0 Å². The van der Waals surface area contributed by atoms with Crippen molar-refractivity contribution in [2.24, 2.45) is 0 Å². The number of hydrogen-bond donors (Lipinski definition) is 0. The number of aromatic nitrogens is 3. The molecule has 19 heavy (non-hydrogen) atoms. The molecule has 0 fully saturated rings. The average molecular weight is 304 g/mol.